The Hall–Kier alpha value is -2.86. The Labute approximate surface area is 117 Å². The van der Waals surface area contributed by atoms with Crippen molar-refractivity contribution in [2.24, 2.45) is 0 Å². The molecular formula is C17H12N2O. The predicted molar refractivity (Wildman–Crippen MR) is 78.4 cm³/mol. The summed E-state index contributed by atoms with van der Waals surface area (Å²) < 4.78 is 5.22. The van der Waals surface area contributed by atoms with Crippen LogP contribution in [0.5, 0.6) is 5.75 Å². The second-order valence-electron chi connectivity index (χ2n) is 4.46. The molecule has 3 rings (SSSR count). The van der Waals surface area contributed by atoms with E-state index in [4.69, 9.17) is 10.00 Å². The molecule has 0 amide bonds. The average Bonchev–Trinajstić information content (AvgIpc) is 2.53. The molecule has 0 fully saturated rings. The summed E-state index contributed by atoms with van der Waals surface area (Å²) in [6, 6.07) is 16.1. The van der Waals surface area contributed by atoms with Gasteiger partial charge < -0.3 is 4.74 Å². The largest absolute Gasteiger partial charge is 0.497 e. The van der Waals surface area contributed by atoms with Gasteiger partial charge in [0, 0.05) is 18.0 Å². The molecule has 0 atom stereocenters. The molecule has 2 aromatic carbocycles. The van der Waals surface area contributed by atoms with Crippen molar-refractivity contribution in [3.05, 3.63) is 60.4 Å². The van der Waals surface area contributed by atoms with Gasteiger partial charge in [-0.3, -0.25) is 4.98 Å². The number of hydrogen-bond donors (Lipinski definition) is 0. The number of nitriles is 1. The van der Waals surface area contributed by atoms with E-state index in [-0.39, 0.29) is 0 Å². The van der Waals surface area contributed by atoms with Crippen molar-refractivity contribution in [1.29, 1.82) is 5.26 Å². The van der Waals surface area contributed by atoms with E-state index < -0.39 is 0 Å². The van der Waals surface area contributed by atoms with Crippen molar-refractivity contribution < 1.29 is 4.74 Å². The summed E-state index contributed by atoms with van der Waals surface area (Å²) in [4.78, 5) is 3.99. The van der Waals surface area contributed by atoms with Crippen LogP contribution < -0.4 is 4.74 Å². The Morgan fingerprint density at radius 3 is 2.65 bits per heavy atom. The summed E-state index contributed by atoms with van der Waals surface area (Å²) in [5.41, 5.74) is 2.50. The summed E-state index contributed by atoms with van der Waals surface area (Å²) in [5, 5.41) is 11.4. The third-order valence-corrected chi connectivity index (χ3v) is 3.30. The van der Waals surface area contributed by atoms with Gasteiger partial charge >= 0.3 is 0 Å². The smallest absolute Gasteiger partial charge is 0.119 e. The molecule has 0 spiro atoms. The molecule has 0 aliphatic carbocycles. The van der Waals surface area contributed by atoms with Crippen molar-refractivity contribution in [3.63, 3.8) is 0 Å². The summed E-state index contributed by atoms with van der Waals surface area (Å²) in [6.07, 6.45) is 3.29. The number of benzene rings is 2. The molecule has 1 aromatic heterocycles. The molecule has 0 N–H and O–H groups in total. The van der Waals surface area contributed by atoms with Crippen molar-refractivity contribution in [1.82, 2.24) is 4.98 Å². The van der Waals surface area contributed by atoms with Crippen molar-refractivity contribution in [2.45, 2.75) is 0 Å². The number of rotatable bonds is 2. The van der Waals surface area contributed by atoms with Crippen LogP contribution in [0.15, 0.2) is 54.9 Å². The van der Waals surface area contributed by atoms with Crippen molar-refractivity contribution >= 4 is 10.8 Å². The lowest BCUT2D eigenvalue weighted by atomic mass is 9.99. The molecule has 3 aromatic rings. The van der Waals surface area contributed by atoms with Crippen LogP contribution >= 0.6 is 0 Å². The minimum atomic E-state index is 0.584. The van der Waals surface area contributed by atoms with Crippen molar-refractivity contribution in [3.8, 4) is 22.9 Å². The van der Waals surface area contributed by atoms with E-state index in [9.17, 15) is 0 Å². The van der Waals surface area contributed by atoms with Crippen LogP contribution in [0.1, 0.15) is 5.56 Å². The average molecular weight is 260 g/mol. The van der Waals surface area contributed by atoms with Gasteiger partial charge in [-0.15, -0.1) is 0 Å². The zero-order chi connectivity index (χ0) is 13.9. The zero-order valence-corrected chi connectivity index (χ0v) is 11.0. The van der Waals surface area contributed by atoms with Crippen LogP contribution in [0.3, 0.4) is 0 Å². The molecule has 0 radical (unpaired) electrons. The Balaban J connectivity index is 2.16. The number of nitrogens with zero attached hydrogens (tertiary/aromatic N) is 2. The first-order chi connectivity index (χ1) is 9.81. The lowest BCUT2D eigenvalue weighted by Crippen LogP contribution is -1.87. The Kier molecular flexibility index (Phi) is 3.06. The maximum atomic E-state index is 9.15. The monoisotopic (exact) mass is 260 g/mol. The number of pyridine rings is 1. The Morgan fingerprint density at radius 2 is 1.85 bits per heavy atom. The molecular weight excluding hydrogens is 248 g/mol. The lowest BCUT2D eigenvalue weighted by Gasteiger charge is -2.07. The van der Waals surface area contributed by atoms with Crippen LogP contribution in [0.2, 0.25) is 0 Å². The molecule has 0 saturated carbocycles. The van der Waals surface area contributed by atoms with Gasteiger partial charge in [0.25, 0.3) is 0 Å². The molecule has 1 heterocycles. The number of methoxy groups -OCH3 is 1. The second-order valence-corrected chi connectivity index (χ2v) is 4.46. The minimum Gasteiger partial charge on any atom is -0.497 e. The van der Waals surface area contributed by atoms with E-state index in [1.54, 1.807) is 19.5 Å². The number of ether oxygens (including phenoxy) is 1. The molecule has 0 aliphatic heterocycles. The summed E-state index contributed by atoms with van der Waals surface area (Å²) >= 11 is 0. The highest BCUT2D eigenvalue weighted by molar-refractivity contribution is 5.89. The summed E-state index contributed by atoms with van der Waals surface area (Å²) in [5.74, 6) is 0.840. The normalized spacial score (nSPS) is 10.2. The van der Waals surface area contributed by atoms with Crippen LogP contribution in [-0.4, -0.2) is 12.1 Å². The van der Waals surface area contributed by atoms with E-state index in [2.05, 4.69) is 17.1 Å². The van der Waals surface area contributed by atoms with E-state index >= 15 is 0 Å². The first kappa shape index (κ1) is 12.2. The standard InChI is InChI=1S/C17H12N2O/c1-20-16-5-4-12-8-14(3-2-13(12)9-16)17-6-7-19-11-15(17)10-18/h2-9,11H,1H3. The van der Waals surface area contributed by atoms with Gasteiger partial charge in [-0.05, 0) is 40.6 Å². The zero-order valence-electron chi connectivity index (χ0n) is 11.0. The molecule has 3 heteroatoms. The summed E-state index contributed by atoms with van der Waals surface area (Å²) in [7, 11) is 1.66. The fourth-order valence-corrected chi connectivity index (χ4v) is 2.25. The van der Waals surface area contributed by atoms with Crippen LogP contribution in [-0.2, 0) is 0 Å². The van der Waals surface area contributed by atoms with Crippen LogP contribution in [0.4, 0.5) is 0 Å². The SMILES string of the molecule is COc1ccc2cc(-c3ccncc3C#N)ccc2c1. The topological polar surface area (TPSA) is 45.9 Å². The minimum absolute atomic E-state index is 0.584. The Bertz CT molecular complexity index is 819. The molecule has 0 bridgehead atoms. The molecule has 0 aliphatic rings. The molecule has 0 saturated heterocycles. The van der Waals surface area contributed by atoms with E-state index in [0.29, 0.717) is 5.56 Å². The van der Waals surface area contributed by atoms with Gasteiger partial charge in [-0.2, -0.15) is 5.26 Å². The fourth-order valence-electron chi connectivity index (χ4n) is 2.25. The highest BCUT2D eigenvalue weighted by Gasteiger charge is 2.05. The lowest BCUT2D eigenvalue weighted by molar-refractivity contribution is 0.415. The fraction of sp³-hybridized carbons (Fsp3) is 0.0588. The maximum absolute atomic E-state index is 9.15. The van der Waals surface area contributed by atoms with E-state index in [1.165, 1.54) is 0 Å². The second kappa shape index (κ2) is 5.02. The molecule has 20 heavy (non-hydrogen) atoms. The number of aromatic nitrogens is 1. The first-order valence-corrected chi connectivity index (χ1v) is 6.24. The highest BCUT2D eigenvalue weighted by Crippen LogP contribution is 2.28. The molecule has 3 nitrogen and oxygen atoms in total. The molecule has 96 valence electrons. The van der Waals surface area contributed by atoms with Gasteiger partial charge in [0.15, 0.2) is 0 Å². The summed E-state index contributed by atoms with van der Waals surface area (Å²) in [6.45, 7) is 0. The first-order valence-electron chi connectivity index (χ1n) is 6.24. The van der Waals surface area contributed by atoms with Gasteiger partial charge in [0.2, 0.25) is 0 Å². The quantitative estimate of drug-likeness (QED) is 0.704. The highest BCUT2D eigenvalue weighted by atomic mass is 16.5. The molecule has 0 unspecified atom stereocenters. The van der Waals surface area contributed by atoms with Gasteiger partial charge in [0.1, 0.15) is 11.8 Å². The van der Waals surface area contributed by atoms with Crippen LogP contribution in [0.25, 0.3) is 21.9 Å². The van der Waals surface area contributed by atoms with Crippen molar-refractivity contribution in [2.75, 3.05) is 7.11 Å². The predicted octanol–water partition coefficient (Wildman–Crippen LogP) is 3.78. The van der Waals surface area contributed by atoms with Gasteiger partial charge in [0.05, 0.1) is 12.7 Å². The number of fused-ring (bicyclic) bond motifs is 1. The van der Waals surface area contributed by atoms with Gasteiger partial charge in [-0.1, -0.05) is 18.2 Å². The third kappa shape index (κ3) is 2.08. The number of hydrogen-bond acceptors (Lipinski definition) is 3. The van der Waals surface area contributed by atoms with Gasteiger partial charge in [-0.25, -0.2) is 0 Å². The van der Waals surface area contributed by atoms with Crippen LogP contribution in [0, 0.1) is 11.3 Å². The van der Waals surface area contributed by atoms with E-state index in [0.717, 1.165) is 27.6 Å². The third-order valence-electron chi connectivity index (χ3n) is 3.30. The van der Waals surface area contributed by atoms with E-state index in [1.807, 2.05) is 36.4 Å². The Morgan fingerprint density at radius 1 is 1.05 bits per heavy atom. The maximum Gasteiger partial charge on any atom is 0.119 e.